The van der Waals surface area contributed by atoms with Gasteiger partial charge in [-0.15, -0.1) is 0 Å². The first-order valence-electron chi connectivity index (χ1n) is 7.59. The van der Waals surface area contributed by atoms with E-state index in [1.54, 1.807) is 29.2 Å². The van der Waals surface area contributed by atoms with Gasteiger partial charge in [0.25, 0.3) is 0 Å². The minimum atomic E-state index is -0.502. The van der Waals surface area contributed by atoms with Crippen LogP contribution in [0.15, 0.2) is 30.3 Å². The summed E-state index contributed by atoms with van der Waals surface area (Å²) in [5, 5.41) is 0. The molecule has 5 nitrogen and oxygen atoms in total. The molecule has 118 valence electrons. The summed E-state index contributed by atoms with van der Waals surface area (Å²) >= 11 is 0. The van der Waals surface area contributed by atoms with Crippen molar-refractivity contribution in [2.24, 2.45) is 0 Å². The van der Waals surface area contributed by atoms with E-state index in [0.29, 0.717) is 18.5 Å². The molecule has 1 aliphatic heterocycles. The molecule has 5 heteroatoms. The van der Waals surface area contributed by atoms with Crippen LogP contribution in [-0.4, -0.2) is 42.3 Å². The summed E-state index contributed by atoms with van der Waals surface area (Å²) in [7, 11) is 1.33. The third kappa shape index (κ3) is 3.93. The fourth-order valence-corrected chi connectivity index (χ4v) is 2.74. The van der Waals surface area contributed by atoms with E-state index in [1.807, 2.05) is 6.07 Å². The van der Waals surface area contributed by atoms with Crippen molar-refractivity contribution in [3.63, 3.8) is 0 Å². The maximum atomic E-state index is 12.3. The number of benzene rings is 1. The Morgan fingerprint density at radius 1 is 1.14 bits per heavy atom. The Labute approximate surface area is 130 Å². The fourth-order valence-electron chi connectivity index (χ4n) is 2.74. The van der Waals surface area contributed by atoms with Gasteiger partial charge in [0, 0.05) is 24.9 Å². The van der Waals surface area contributed by atoms with Crippen LogP contribution in [-0.2, 0) is 14.3 Å². The Morgan fingerprint density at radius 3 is 2.55 bits per heavy atom. The summed E-state index contributed by atoms with van der Waals surface area (Å²) < 4.78 is 4.77. The molecule has 1 saturated heterocycles. The number of methoxy groups -OCH3 is 1. The predicted octanol–water partition coefficient (Wildman–Crippen LogP) is 2.20. The van der Waals surface area contributed by atoms with Gasteiger partial charge in [-0.3, -0.25) is 9.59 Å². The van der Waals surface area contributed by atoms with Crippen molar-refractivity contribution in [1.29, 1.82) is 0 Å². The number of esters is 1. The van der Waals surface area contributed by atoms with Gasteiger partial charge in [0.05, 0.1) is 7.11 Å². The molecule has 1 aromatic carbocycles. The number of Topliss-reactive ketones (excluding diaryl/α,β-unsaturated/α-hetero) is 1. The second-order valence-electron chi connectivity index (χ2n) is 5.41. The van der Waals surface area contributed by atoms with Crippen molar-refractivity contribution >= 4 is 17.7 Å². The average Bonchev–Trinajstić information content (AvgIpc) is 2.59. The SMILES string of the molecule is COC(=O)C1CCCCN1C(=O)CCC(=O)c1ccccc1. The molecule has 1 unspecified atom stereocenters. The van der Waals surface area contributed by atoms with Gasteiger partial charge in [0.2, 0.25) is 5.91 Å². The number of carbonyl (C=O) groups excluding carboxylic acids is 3. The molecule has 2 rings (SSSR count). The van der Waals surface area contributed by atoms with Crippen LogP contribution >= 0.6 is 0 Å². The molecule has 22 heavy (non-hydrogen) atoms. The lowest BCUT2D eigenvalue weighted by Gasteiger charge is -2.33. The maximum absolute atomic E-state index is 12.3. The largest absolute Gasteiger partial charge is 0.467 e. The van der Waals surface area contributed by atoms with E-state index >= 15 is 0 Å². The van der Waals surface area contributed by atoms with Crippen LogP contribution in [0.5, 0.6) is 0 Å². The van der Waals surface area contributed by atoms with Crippen LogP contribution in [0.4, 0.5) is 0 Å². The quantitative estimate of drug-likeness (QED) is 0.618. The van der Waals surface area contributed by atoms with Crippen LogP contribution in [0.1, 0.15) is 42.5 Å². The zero-order valence-electron chi connectivity index (χ0n) is 12.8. The van der Waals surface area contributed by atoms with Crippen molar-refractivity contribution in [3.05, 3.63) is 35.9 Å². The molecule has 0 spiro atoms. The van der Waals surface area contributed by atoms with Crippen LogP contribution in [0.25, 0.3) is 0 Å². The lowest BCUT2D eigenvalue weighted by molar-refractivity contribution is -0.154. The van der Waals surface area contributed by atoms with Gasteiger partial charge in [-0.25, -0.2) is 4.79 Å². The molecule has 0 aromatic heterocycles. The second-order valence-corrected chi connectivity index (χ2v) is 5.41. The Hall–Kier alpha value is -2.17. The van der Waals surface area contributed by atoms with E-state index in [2.05, 4.69) is 0 Å². The fraction of sp³-hybridized carbons (Fsp3) is 0.471. The van der Waals surface area contributed by atoms with Crippen molar-refractivity contribution in [1.82, 2.24) is 4.90 Å². The highest BCUT2D eigenvalue weighted by Crippen LogP contribution is 2.20. The van der Waals surface area contributed by atoms with Gasteiger partial charge in [0.1, 0.15) is 6.04 Å². The highest BCUT2D eigenvalue weighted by molar-refractivity contribution is 5.98. The summed E-state index contributed by atoms with van der Waals surface area (Å²) in [4.78, 5) is 37.7. The number of ketones is 1. The zero-order chi connectivity index (χ0) is 15.9. The van der Waals surface area contributed by atoms with Crippen molar-refractivity contribution in [2.45, 2.75) is 38.1 Å². The number of hydrogen-bond donors (Lipinski definition) is 0. The molecule has 0 N–H and O–H groups in total. The van der Waals surface area contributed by atoms with Gasteiger partial charge in [0.15, 0.2) is 5.78 Å². The Morgan fingerprint density at radius 2 is 1.86 bits per heavy atom. The molecule has 0 aliphatic carbocycles. The summed E-state index contributed by atoms with van der Waals surface area (Å²) in [5.74, 6) is -0.581. The third-order valence-corrected chi connectivity index (χ3v) is 3.96. The number of likely N-dealkylation sites (tertiary alicyclic amines) is 1. The smallest absolute Gasteiger partial charge is 0.328 e. The first-order chi connectivity index (χ1) is 10.6. The van der Waals surface area contributed by atoms with E-state index in [9.17, 15) is 14.4 Å². The first kappa shape index (κ1) is 16.2. The lowest BCUT2D eigenvalue weighted by atomic mass is 10.0. The minimum absolute atomic E-state index is 0.0550. The highest BCUT2D eigenvalue weighted by atomic mass is 16.5. The van der Waals surface area contributed by atoms with Crippen LogP contribution in [0, 0.1) is 0 Å². The Kier molecular flexibility index (Phi) is 5.69. The van der Waals surface area contributed by atoms with Gasteiger partial charge < -0.3 is 9.64 Å². The second kappa shape index (κ2) is 7.73. The molecule has 0 bridgehead atoms. The molecule has 1 aliphatic rings. The molecular weight excluding hydrogens is 282 g/mol. The molecule has 0 radical (unpaired) electrons. The summed E-state index contributed by atoms with van der Waals surface area (Å²) in [6, 6.07) is 8.42. The molecule has 1 fully saturated rings. The monoisotopic (exact) mass is 303 g/mol. The minimum Gasteiger partial charge on any atom is -0.467 e. The topological polar surface area (TPSA) is 63.7 Å². The Bertz CT molecular complexity index is 541. The molecule has 1 heterocycles. The standard InChI is InChI=1S/C17H21NO4/c1-22-17(21)14-9-5-6-12-18(14)16(20)11-10-15(19)13-7-3-2-4-8-13/h2-4,7-8,14H,5-6,9-12H2,1H3. The van der Waals surface area contributed by atoms with Crippen LogP contribution < -0.4 is 0 Å². The molecule has 0 saturated carbocycles. The van der Waals surface area contributed by atoms with E-state index in [1.165, 1.54) is 7.11 Å². The number of rotatable bonds is 5. The Balaban J connectivity index is 1.93. The number of carbonyl (C=O) groups is 3. The average molecular weight is 303 g/mol. The molecular formula is C17H21NO4. The van der Waals surface area contributed by atoms with Gasteiger partial charge in [-0.2, -0.15) is 0 Å². The van der Waals surface area contributed by atoms with Gasteiger partial charge in [-0.1, -0.05) is 30.3 Å². The van der Waals surface area contributed by atoms with E-state index in [0.717, 1.165) is 12.8 Å². The van der Waals surface area contributed by atoms with E-state index in [4.69, 9.17) is 4.74 Å². The first-order valence-corrected chi connectivity index (χ1v) is 7.59. The van der Waals surface area contributed by atoms with Crippen molar-refractivity contribution in [3.8, 4) is 0 Å². The van der Waals surface area contributed by atoms with Gasteiger partial charge >= 0.3 is 5.97 Å². The number of nitrogens with zero attached hydrogens (tertiary/aromatic N) is 1. The van der Waals surface area contributed by atoms with E-state index < -0.39 is 6.04 Å². The van der Waals surface area contributed by atoms with Crippen LogP contribution in [0.2, 0.25) is 0 Å². The summed E-state index contributed by atoms with van der Waals surface area (Å²) in [6.07, 6.45) is 2.71. The lowest BCUT2D eigenvalue weighted by Crippen LogP contribution is -2.48. The van der Waals surface area contributed by atoms with Crippen molar-refractivity contribution in [2.75, 3.05) is 13.7 Å². The maximum Gasteiger partial charge on any atom is 0.328 e. The number of ether oxygens (including phenoxy) is 1. The third-order valence-electron chi connectivity index (χ3n) is 3.96. The normalized spacial score (nSPS) is 17.9. The number of piperidine rings is 1. The summed E-state index contributed by atoms with van der Waals surface area (Å²) in [6.45, 7) is 0.554. The van der Waals surface area contributed by atoms with Crippen molar-refractivity contribution < 1.29 is 19.1 Å². The summed E-state index contributed by atoms with van der Waals surface area (Å²) in [5.41, 5.74) is 0.610. The molecule has 1 aromatic rings. The molecule has 1 amide bonds. The highest BCUT2D eigenvalue weighted by Gasteiger charge is 2.32. The van der Waals surface area contributed by atoms with Crippen LogP contribution in [0.3, 0.4) is 0 Å². The predicted molar refractivity (Wildman–Crippen MR) is 81.4 cm³/mol. The van der Waals surface area contributed by atoms with Gasteiger partial charge in [-0.05, 0) is 19.3 Å². The number of amides is 1. The molecule has 1 atom stereocenters. The zero-order valence-corrected chi connectivity index (χ0v) is 12.8. The number of hydrogen-bond acceptors (Lipinski definition) is 4. The van der Waals surface area contributed by atoms with E-state index in [-0.39, 0.29) is 30.5 Å².